The monoisotopic (exact) mass is 281 g/mol. The van der Waals surface area contributed by atoms with E-state index in [1.807, 2.05) is 0 Å². The molecule has 1 aliphatic rings. The molecule has 1 atom stereocenters. The molecule has 1 aliphatic heterocycles. The van der Waals surface area contributed by atoms with Crippen LogP contribution in [0.4, 0.5) is 0 Å². The lowest BCUT2D eigenvalue weighted by atomic mass is 10.2. The number of hydrogen-bond acceptors (Lipinski definition) is 4. The smallest absolute Gasteiger partial charge is 0.263 e. The second-order valence-electron chi connectivity index (χ2n) is 4.49. The Hall–Kier alpha value is -1.89. The van der Waals surface area contributed by atoms with Crippen LogP contribution in [0.2, 0.25) is 0 Å². The number of rotatable bonds is 2. The van der Waals surface area contributed by atoms with Crippen LogP contribution in [0.3, 0.4) is 0 Å². The van der Waals surface area contributed by atoms with E-state index in [1.165, 1.54) is 11.0 Å². The van der Waals surface area contributed by atoms with Crippen molar-refractivity contribution in [2.75, 3.05) is 14.1 Å². The summed E-state index contributed by atoms with van der Waals surface area (Å²) in [6.07, 6.45) is 0. The fourth-order valence-electron chi connectivity index (χ4n) is 1.85. The molecule has 0 aromatic heterocycles. The zero-order valence-corrected chi connectivity index (χ0v) is 11.7. The molecule has 102 valence electrons. The van der Waals surface area contributed by atoms with E-state index in [9.17, 15) is 13.2 Å². The summed E-state index contributed by atoms with van der Waals surface area (Å²) in [6.45, 7) is 1.63. The van der Waals surface area contributed by atoms with Gasteiger partial charge in [0.05, 0.1) is 4.90 Å². The number of nitrogens with one attached hydrogen (secondary N) is 1. The third-order valence-electron chi connectivity index (χ3n) is 2.78. The zero-order valence-electron chi connectivity index (χ0n) is 10.9. The fourth-order valence-corrected chi connectivity index (χ4v) is 3.09. The Kier molecular flexibility index (Phi) is 3.32. The molecule has 1 amide bonds. The number of sulfonamides is 1. The minimum absolute atomic E-state index is 0.184. The lowest BCUT2D eigenvalue weighted by molar-refractivity contribution is -0.129. The molecule has 2 rings (SSSR count). The zero-order chi connectivity index (χ0) is 14.2. The maximum Gasteiger partial charge on any atom is 0.263 e. The summed E-state index contributed by atoms with van der Waals surface area (Å²) in [7, 11) is -0.291. The Morgan fingerprint density at radius 3 is 2.58 bits per heavy atom. The van der Waals surface area contributed by atoms with Crippen molar-refractivity contribution in [2.24, 2.45) is 4.99 Å². The minimum atomic E-state index is -3.55. The van der Waals surface area contributed by atoms with Crippen LogP contribution in [-0.4, -0.2) is 45.2 Å². The molecule has 1 N–H and O–H groups in total. The van der Waals surface area contributed by atoms with Crippen molar-refractivity contribution in [3.05, 3.63) is 29.8 Å². The molecule has 0 aliphatic carbocycles. The summed E-state index contributed by atoms with van der Waals surface area (Å²) < 4.78 is 26.1. The summed E-state index contributed by atoms with van der Waals surface area (Å²) in [4.78, 5) is 17.5. The molecule has 0 fully saturated rings. The Labute approximate surface area is 112 Å². The number of likely N-dealkylation sites (N-methyl/N-ethyl adjacent to an activating group) is 1. The van der Waals surface area contributed by atoms with Crippen molar-refractivity contribution in [2.45, 2.75) is 17.9 Å². The number of benzene rings is 1. The molecule has 0 saturated heterocycles. The van der Waals surface area contributed by atoms with E-state index in [2.05, 4.69) is 9.71 Å². The molecule has 1 unspecified atom stereocenters. The number of fused-ring (bicyclic) bond motifs is 1. The van der Waals surface area contributed by atoms with Crippen LogP contribution < -0.4 is 4.72 Å². The number of carbonyl (C=O) groups excluding carboxylic acids is 1. The maximum absolute atomic E-state index is 11.9. The molecule has 1 aromatic carbocycles. The lowest BCUT2D eigenvalue weighted by Crippen LogP contribution is -2.33. The first kappa shape index (κ1) is 13.5. The Bertz CT molecular complexity index is 650. The molecule has 1 aromatic rings. The predicted octanol–water partition coefficient (Wildman–Crippen LogP) is 0.202. The normalized spacial score (nSPS) is 19.6. The van der Waals surface area contributed by atoms with E-state index in [0.29, 0.717) is 5.56 Å². The molecule has 7 heteroatoms. The van der Waals surface area contributed by atoms with Crippen LogP contribution in [0.15, 0.2) is 34.2 Å². The van der Waals surface area contributed by atoms with Crippen LogP contribution in [-0.2, 0) is 14.8 Å². The van der Waals surface area contributed by atoms with E-state index in [0.717, 1.165) is 0 Å². The summed E-state index contributed by atoms with van der Waals surface area (Å²) in [5.74, 6) is 0.0365. The van der Waals surface area contributed by atoms with Gasteiger partial charge in [-0.05, 0) is 19.1 Å². The van der Waals surface area contributed by atoms with E-state index in [4.69, 9.17) is 0 Å². The summed E-state index contributed by atoms with van der Waals surface area (Å²) in [5, 5.41) is 0. The third kappa shape index (κ3) is 2.46. The van der Waals surface area contributed by atoms with E-state index in [1.54, 1.807) is 39.2 Å². The molecule has 0 radical (unpaired) electrons. The van der Waals surface area contributed by atoms with Crippen molar-refractivity contribution in [1.29, 1.82) is 0 Å². The predicted molar refractivity (Wildman–Crippen MR) is 71.5 cm³/mol. The van der Waals surface area contributed by atoms with E-state index >= 15 is 0 Å². The molecule has 0 saturated carbocycles. The largest absolute Gasteiger partial charge is 0.347 e. The summed E-state index contributed by atoms with van der Waals surface area (Å²) >= 11 is 0. The minimum Gasteiger partial charge on any atom is -0.347 e. The van der Waals surface area contributed by atoms with Crippen molar-refractivity contribution >= 4 is 21.8 Å². The molecule has 1 heterocycles. The Balaban J connectivity index is 2.42. The molecular formula is C12H15N3O3S. The second-order valence-corrected chi connectivity index (χ2v) is 6.14. The molecule has 0 spiro atoms. The number of aliphatic imine (C=N–C) groups is 1. The lowest BCUT2D eigenvalue weighted by Gasteiger charge is -2.14. The maximum atomic E-state index is 11.9. The Morgan fingerprint density at radius 2 is 1.95 bits per heavy atom. The van der Waals surface area contributed by atoms with Gasteiger partial charge in [0.2, 0.25) is 5.91 Å². The molecule has 6 nitrogen and oxygen atoms in total. The topological polar surface area (TPSA) is 78.8 Å². The highest BCUT2D eigenvalue weighted by molar-refractivity contribution is 7.90. The van der Waals surface area contributed by atoms with Gasteiger partial charge < -0.3 is 4.90 Å². The average Bonchev–Trinajstić information content (AvgIpc) is 2.60. The van der Waals surface area contributed by atoms with Crippen molar-refractivity contribution < 1.29 is 13.2 Å². The fraction of sp³-hybridized carbons (Fsp3) is 0.333. The first-order valence-electron chi connectivity index (χ1n) is 5.74. The van der Waals surface area contributed by atoms with Crippen LogP contribution in [0.25, 0.3) is 0 Å². The van der Waals surface area contributed by atoms with Gasteiger partial charge in [0.15, 0.2) is 0 Å². The SMILES string of the molecule is CC(N=C1NS(=O)(=O)c2ccccc21)C(=O)N(C)C. The highest BCUT2D eigenvalue weighted by Gasteiger charge is 2.31. The average molecular weight is 281 g/mol. The van der Waals surface area contributed by atoms with Gasteiger partial charge in [-0.15, -0.1) is 0 Å². The van der Waals surface area contributed by atoms with Crippen molar-refractivity contribution in [3.8, 4) is 0 Å². The number of amides is 1. The van der Waals surface area contributed by atoms with Gasteiger partial charge >= 0.3 is 0 Å². The van der Waals surface area contributed by atoms with Gasteiger partial charge in [-0.2, -0.15) is 0 Å². The summed E-state index contributed by atoms with van der Waals surface area (Å²) in [6, 6.07) is 5.92. The van der Waals surface area contributed by atoms with Crippen LogP contribution >= 0.6 is 0 Å². The van der Waals surface area contributed by atoms with E-state index in [-0.39, 0.29) is 16.6 Å². The van der Waals surface area contributed by atoms with Gasteiger partial charge in [0.25, 0.3) is 10.0 Å². The number of hydrogen-bond donors (Lipinski definition) is 1. The highest BCUT2D eigenvalue weighted by Crippen LogP contribution is 2.22. The molecule has 0 bridgehead atoms. The van der Waals surface area contributed by atoms with E-state index < -0.39 is 16.1 Å². The standard InChI is InChI=1S/C12H15N3O3S/c1-8(12(16)15(2)3)13-11-9-6-4-5-7-10(9)19(17,18)14-11/h4-8H,1-3H3,(H,13,14). The number of carbonyl (C=O) groups is 1. The van der Waals surface area contributed by atoms with Crippen molar-refractivity contribution in [3.63, 3.8) is 0 Å². The molecular weight excluding hydrogens is 266 g/mol. The number of amidine groups is 1. The highest BCUT2D eigenvalue weighted by atomic mass is 32.2. The van der Waals surface area contributed by atoms with Crippen molar-refractivity contribution in [1.82, 2.24) is 9.62 Å². The number of nitrogens with zero attached hydrogens (tertiary/aromatic N) is 2. The van der Waals surface area contributed by atoms with Crippen LogP contribution in [0, 0.1) is 0 Å². The van der Waals surface area contributed by atoms with Gasteiger partial charge in [0, 0.05) is 19.7 Å². The van der Waals surface area contributed by atoms with Gasteiger partial charge in [-0.1, -0.05) is 12.1 Å². The first-order chi connectivity index (χ1) is 8.83. The Morgan fingerprint density at radius 1 is 1.32 bits per heavy atom. The quantitative estimate of drug-likeness (QED) is 0.841. The van der Waals surface area contributed by atoms with Gasteiger partial charge in [0.1, 0.15) is 11.9 Å². The first-order valence-corrected chi connectivity index (χ1v) is 7.22. The third-order valence-corrected chi connectivity index (χ3v) is 4.18. The van der Waals surface area contributed by atoms with Crippen LogP contribution in [0.5, 0.6) is 0 Å². The van der Waals surface area contributed by atoms with Gasteiger partial charge in [-0.25, -0.2) is 8.42 Å². The molecule has 19 heavy (non-hydrogen) atoms. The summed E-state index contributed by atoms with van der Waals surface area (Å²) in [5.41, 5.74) is 0.501. The van der Waals surface area contributed by atoms with Crippen LogP contribution in [0.1, 0.15) is 12.5 Å². The van der Waals surface area contributed by atoms with Gasteiger partial charge in [-0.3, -0.25) is 14.5 Å². The second kappa shape index (κ2) is 4.65.